The van der Waals surface area contributed by atoms with Gasteiger partial charge in [0, 0.05) is 25.3 Å². The number of likely N-dealkylation sites (tertiary alicyclic amines) is 1. The number of nitrogens with one attached hydrogen (secondary N) is 2. The van der Waals surface area contributed by atoms with Crippen LogP contribution in [0.2, 0.25) is 0 Å². The number of amides is 2. The van der Waals surface area contributed by atoms with Crippen molar-refractivity contribution >= 4 is 24.2 Å². The highest BCUT2D eigenvalue weighted by molar-refractivity contribution is 5.96. The minimum Gasteiger partial charge on any atom is -0.352 e. The minimum absolute atomic E-state index is 0. The molecule has 138 valence electrons. The molecule has 2 atom stereocenters. The van der Waals surface area contributed by atoms with Crippen molar-refractivity contribution < 1.29 is 9.59 Å². The van der Waals surface area contributed by atoms with Crippen LogP contribution in [0.3, 0.4) is 0 Å². The summed E-state index contributed by atoms with van der Waals surface area (Å²) in [6.07, 6.45) is 7.85. The van der Waals surface area contributed by atoms with Crippen molar-refractivity contribution in [3.63, 3.8) is 0 Å². The number of piperidine rings is 1. The molecule has 7 nitrogen and oxygen atoms in total. The Morgan fingerprint density at radius 1 is 1.20 bits per heavy atom. The first-order valence-corrected chi connectivity index (χ1v) is 9.09. The summed E-state index contributed by atoms with van der Waals surface area (Å²) in [5.41, 5.74) is 0.451. The van der Waals surface area contributed by atoms with E-state index in [1.165, 1.54) is 0 Å². The molecule has 1 aromatic heterocycles. The summed E-state index contributed by atoms with van der Waals surface area (Å²) in [5, 5.41) is 10.9. The molecule has 0 radical (unpaired) electrons. The summed E-state index contributed by atoms with van der Waals surface area (Å²) < 4.78 is 1.90. The summed E-state index contributed by atoms with van der Waals surface area (Å²) in [4.78, 5) is 26.9. The molecule has 0 spiro atoms. The van der Waals surface area contributed by atoms with E-state index in [0.29, 0.717) is 24.3 Å². The maximum absolute atomic E-state index is 12.8. The molecule has 2 amide bonds. The lowest BCUT2D eigenvalue weighted by Gasteiger charge is -2.24. The van der Waals surface area contributed by atoms with Gasteiger partial charge in [-0.25, -0.2) is 0 Å². The first-order valence-electron chi connectivity index (χ1n) is 9.09. The Hall–Kier alpha value is -1.60. The molecule has 1 aliphatic carbocycles. The molecule has 25 heavy (non-hydrogen) atoms. The van der Waals surface area contributed by atoms with Crippen molar-refractivity contribution in [2.45, 2.75) is 56.7 Å². The monoisotopic (exact) mass is 367 g/mol. The molecule has 2 N–H and O–H groups in total. The molecule has 2 unspecified atom stereocenters. The van der Waals surface area contributed by atoms with Gasteiger partial charge in [0.25, 0.3) is 5.91 Å². The number of hydrogen-bond acceptors (Lipinski definition) is 4. The average molecular weight is 368 g/mol. The predicted octanol–water partition coefficient (Wildman–Crippen LogP) is 1.11. The van der Waals surface area contributed by atoms with Gasteiger partial charge >= 0.3 is 0 Å². The van der Waals surface area contributed by atoms with E-state index < -0.39 is 0 Å². The van der Waals surface area contributed by atoms with Crippen LogP contribution in [0.15, 0.2) is 12.3 Å². The van der Waals surface area contributed by atoms with Crippen LogP contribution in [0.25, 0.3) is 0 Å². The topological polar surface area (TPSA) is 79.3 Å². The van der Waals surface area contributed by atoms with Gasteiger partial charge < -0.3 is 15.5 Å². The van der Waals surface area contributed by atoms with Crippen LogP contribution in [0.5, 0.6) is 0 Å². The van der Waals surface area contributed by atoms with Gasteiger partial charge in [0.05, 0.1) is 6.04 Å². The molecular weight excluding hydrogens is 342 g/mol. The van der Waals surface area contributed by atoms with Crippen LogP contribution in [0.4, 0.5) is 0 Å². The zero-order valence-electron chi connectivity index (χ0n) is 14.3. The first-order chi connectivity index (χ1) is 11.7. The quantitative estimate of drug-likeness (QED) is 0.835. The molecular formula is C17H26ClN5O2. The molecule has 2 saturated heterocycles. The van der Waals surface area contributed by atoms with Crippen LogP contribution in [-0.4, -0.2) is 58.2 Å². The van der Waals surface area contributed by atoms with Gasteiger partial charge in [-0.1, -0.05) is 0 Å². The van der Waals surface area contributed by atoms with Crippen molar-refractivity contribution in [3.8, 4) is 0 Å². The smallest absolute Gasteiger partial charge is 0.275 e. The zero-order chi connectivity index (χ0) is 16.5. The highest BCUT2D eigenvalue weighted by Crippen LogP contribution is 2.24. The van der Waals surface area contributed by atoms with Crippen LogP contribution >= 0.6 is 12.4 Å². The van der Waals surface area contributed by atoms with Gasteiger partial charge in [-0.2, -0.15) is 5.10 Å². The first kappa shape index (κ1) is 18.2. The van der Waals surface area contributed by atoms with Crippen molar-refractivity contribution in [1.82, 2.24) is 25.3 Å². The Morgan fingerprint density at radius 3 is 2.76 bits per heavy atom. The van der Waals surface area contributed by atoms with Crippen molar-refractivity contribution in [2.24, 2.45) is 0 Å². The molecule has 3 aliphatic rings. The number of halogens is 1. The maximum Gasteiger partial charge on any atom is 0.275 e. The van der Waals surface area contributed by atoms with Gasteiger partial charge in [0.15, 0.2) is 0 Å². The largest absolute Gasteiger partial charge is 0.352 e. The van der Waals surface area contributed by atoms with Crippen molar-refractivity contribution in [1.29, 1.82) is 0 Å². The third kappa shape index (κ3) is 3.98. The van der Waals surface area contributed by atoms with E-state index >= 15 is 0 Å². The summed E-state index contributed by atoms with van der Waals surface area (Å²) in [5.74, 6) is -0.120. The second-order valence-electron chi connectivity index (χ2n) is 7.12. The molecule has 0 aromatic carbocycles. The van der Waals surface area contributed by atoms with E-state index in [0.717, 1.165) is 51.6 Å². The number of rotatable bonds is 4. The second kappa shape index (κ2) is 7.74. The Bertz CT molecular complexity index is 624. The Morgan fingerprint density at radius 2 is 2.04 bits per heavy atom. The summed E-state index contributed by atoms with van der Waals surface area (Å²) in [7, 11) is 0. The fourth-order valence-corrected chi connectivity index (χ4v) is 3.67. The summed E-state index contributed by atoms with van der Waals surface area (Å²) >= 11 is 0. The summed E-state index contributed by atoms with van der Waals surface area (Å²) in [6, 6.07) is 2.09. The number of carbonyl (C=O) groups excluding carboxylic acids is 2. The maximum atomic E-state index is 12.8. The van der Waals surface area contributed by atoms with E-state index in [-0.39, 0.29) is 30.3 Å². The third-order valence-corrected chi connectivity index (χ3v) is 5.21. The molecule has 4 rings (SSSR count). The Kier molecular flexibility index (Phi) is 5.64. The van der Waals surface area contributed by atoms with E-state index in [1.807, 2.05) is 10.9 Å². The van der Waals surface area contributed by atoms with Crippen molar-refractivity contribution in [2.75, 3.05) is 19.6 Å². The standard InChI is InChI=1S/C17H25N5O2.ClH/c23-16(19-12-5-6-12)15-4-2-9-21(15)17(24)14-7-10-22(20-14)13-3-1-8-18-11-13;/h7,10,12-13,15,18H,1-6,8-9,11H2,(H,19,23);1H. The fourth-order valence-electron chi connectivity index (χ4n) is 3.67. The number of nitrogens with zero attached hydrogens (tertiary/aromatic N) is 3. The van der Waals surface area contributed by atoms with Crippen LogP contribution in [0.1, 0.15) is 55.1 Å². The predicted molar refractivity (Wildman–Crippen MR) is 95.8 cm³/mol. The molecule has 1 saturated carbocycles. The van der Waals surface area contributed by atoms with Gasteiger partial charge in [-0.15, -0.1) is 12.4 Å². The van der Waals surface area contributed by atoms with Gasteiger partial charge in [0.2, 0.25) is 5.91 Å². The number of aromatic nitrogens is 2. The molecule has 0 bridgehead atoms. The van der Waals surface area contributed by atoms with E-state index in [9.17, 15) is 9.59 Å². The minimum atomic E-state index is -0.334. The van der Waals surface area contributed by atoms with E-state index in [4.69, 9.17) is 0 Å². The van der Waals surface area contributed by atoms with E-state index in [2.05, 4.69) is 15.7 Å². The number of carbonyl (C=O) groups is 2. The van der Waals surface area contributed by atoms with Crippen LogP contribution in [0, 0.1) is 0 Å². The molecule has 8 heteroatoms. The van der Waals surface area contributed by atoms with Gasteiger partial charge in [-0.05, 0) is 51.1 Å². The summed E-state index contributed by atoms with van der Waals surface area (Å²) in [6.45, 7) is 2.58. The highest BCUT2D eigenvalue weighted by atomic mass is 35.5. The molecule has 3 heterocycles. The second-order valence-corrected chi connectivity index (χ2v) is 7.12. The zero-order valence-corrected chi connectivity index (χ0v) is 15.1. The lowest BCUT2D eigenvalue weighted by Crippen LogP contribution is -2.46. The highest BCUT2D eigenvalue weighted by Gasteiger charge is 2.37. The van der Waals surface area contributed by atoms with Gasteiger partial charge in [-0.3, -0.25) is 14.3 Å². The molecule has 2 aliphatic heterocycles. The third-order valence-electron chi connectivity index (χ3n) is 5.21. The molecule has 3 fully saturated rings. The van der Waals surface area contributed by atoms with E-state index in [1.54, 1.807) is 11.0 Å². The lowest BCUT2D eigenvalue weighted by atomic mass is 10.1. The average Bonchev–Trinajstić information content (AvgIpc) is 3.12. The van der Waals surface area contributed by atoms with Gasteiger partial charge in [0.1, 0.15) is 11.7 Å². The Balaban J connectivity index is 0.00000182. The SMILES string of the molecule is Cl.O=C(NC1CC1)C1CCCN1C(=O)c1ccn(C2CCCNC2)n1. The fraction of sp³-hybridized carbons (Fsp3) is 0.706. The normalized spacial score (nSPS) is 26.2. The number of hydrogen-bond donors (Lipinski definition) is 2. The van der Waals surface area contributed by atoms with Crippen LogP contribution < -0.4 is 10.6 Å². The Labute approximate surface area is 153 Å². The van der Waals surface area contributed by atoms with Crippen LogP contribution in [-0.2, 0) is 4.79 Å². The van der Waals surface area contributed by atoms with Crippen molar-refractivity contribution in [3.05, 3.63) is 18.0 Å². The lowest BCUT2D eigenvalue weighted by molar-refractivity contribution is -0.125. The molecule has 1 aromatic rings.